The summed E-state index contributed by atoms with van der Waals surface area (Å²) in [6.45, 7) is 5.10. The number of nitrogens with zero attached hydrogens (tertiary/aromatic N) is 4. The van der Waals surface area contributed by atoms with Crippen LogP contribution in [0.3, 0.4) is 0 Å². The first-order valence-corrected chi connectivity index (χ1v) is 21.1. The van der Waals surface area contributed by atoms with Crippen LogP contribution in [0.5, 0.6) is 5.75 Å². The van der Waals surface area contributed by atoms with Gasteiger partial charge in [-0.3, -0.25) is 15.0 Å². The molecule has 11 rings (SSSR count). The maximum absolute atomic E-state index is 6.44. The van der Waals surface area contributed by atoms with E-state index in [1.54, 1.807) is 0 Å². The lowest BCUT2D eigenvalue weighted by Gasteiger charge is -2.15. The van der Waals surface area contributed by atoms with Gasteiger partial charge in [0.15, 0.2) is 0 Å². The minimum atomic E-state index is 0.404. The van der Waals surface area contributed by atoms with Crippen molar-refractivity contribution in [2.24, 2.45) is 0 Å². The van der Waals surface area contributed by atoms with Gasteiger partial charge >= 0.3 is 0 Å². The molecule has 0 unspecified atom stereocenters. The van der Waals surface area contributed by atoms with Gasteiger partial charge in [0, 0.05) is 57.3 Å². The number of rotatable bonds is 7. The third-order valence-electron chi connectivity index (χ3n) is 11.8. The van der Waals surface area contributed by atoms with Gasteiger partial charge in [0.05, 0.1) is 28.1 Å². The monoisotopic (exact) mass is 808 g/mol. The van der Waals surface area contributed by atoms with Crippen molar-refractivity contribution in [2.75, 3.05) is 6.61 Å². The summed E-state index contributed by atoms with van der Waals surface area (Å²) >= 11 is 0. The van der Waals surface area contributed by atoms with Crippen molar-refractivity contribution in [3.63, 3.8) is 0 Å². The van der Waals surface area contributed by atoms with Crippen LogP contribution in [0.15, 0.2) is 225 Å². The average molecular weight is 809 g/mol. The summed E-state index contributed by atoms with van der Waals surface area (Å²) in [5.41, 5.74) is 17.6. The van der Waals surface area contributed by atoms with Gasteiger partial charge in [-0.2, -0.15) is 0 Å². The molecule has 6 aromatic carbocycles. The maximum atomic E-state index is 6.44. The number of hydrogen-bond donors (Lipinski definition) is 0. The molecule has 0 fully saturated rings. The van der Waals surface area contributed by atoms with Crippen LogP contribution in [0.25, 0.3) is 100 Å². The molecule has 0 N–H and O–H groups in total. The van der Waals surface area contributed by atoms with Gasteiger partial charge < -0.3 is 9.30 Å². The van der Waals surface area contributed by atoms with Crippen LogP contribution in [0.2, 0.25) is 0 Å². The quantitative estimate of drug-likeness (QED) is 0.161. The third kappa shape index (κ3) is 7.02. The molecule has 0 aliphatic carbocycles. The van der Waals surface area contributed by atoms with E-state index in [0.717, 1.165) is 112 Å². The van der Waals surface area contributed by atoms with E-state index >= 15 is 0 Å². The highest BCUT2D eigenvalue weighted by molar-refractivity contribution is 6.13. The zero-order valence-electron chi connectivity index (χ0n) is 34.4. The maximum Gasteiger partial charge on any atom is 0.127 e. The molecule has 5 heteroatoms. The fraction of sp³-hybridized carbons (Fsp3) is 0.0172. The zero-order chi connectivity index (χ0) is 42.1. The normalized spacial score (nSPS) is 13.9. The second kappa shape index (κ2) is 16.2. The zero-order valence-corrected chi connectivity index (χ0v) is 34.4. The van der Waals surface area contributed by atoms with Gasteiger partial charge in [0.2, 0.25) is 0 Å². The molecule has 4 aromatic heterocycles. The molecule has 1 aliphatic rings. The van der Waals surface area contributed by atoms with Gasteiger partial charge in [-0.1, -0.05) is 116 Å². The highest BCUT2D eigenvalue weighted by atomic mass is 16.5. The number of hydrogen-bond acceptors (Lipinski definition) is 4. The van der Waals surface area contributed by atoms with E-state index in [2.05, 4.69) is 173 Å². The summed E-state index contributed by atoms with van der Waals surface area (Å²) in [6, 6.07) is 63.6. The van der Waals surface area contributed by atoms with E-state index < -0.39 is 0 Å². The SMILES string of the molecule is C=C1/C=C(n2c3ccc(-c4ccccc4-c4ccccn4)cc3c3cc(-c4ccccc4-c4ccccn4)ccc32)\C=C/COc2ccc(-c3ccccc3-c3ccccn3)cc21. The van der Waals surface area contributed by atoms with Crippen LogP contribution in [-0.2, 0) is 0 Å². The molecule has 0 saturated carbocycles. The Kier molecular flexibility index (Phi) is 9.68. The van der Waals surface area contributed by atoms with Crippen molar-refractivity contribution >= 4 is 33.1 Å². The fourth-order valence-corrected chi connectivity index (χ4v) is 8.90. The van der Waals surface area contributed by atoms with Gasteiger partial charge in [-0.05, 0) is 130 Å². The Bertz CT molecular complexity index is 3260. The third-order valence-corrected chi connectivity index (χ3v) is 11.8. The van der Waals surface area contributed by atoms with Gasteiger partial charge in [-0.15, -0.1) is 0 Å². The number of allylic oxidation sites excluding steroid dienone is 4. The largest absolute Gasteiger partial charge is 0.489 e. The first kappa shape index (κ1) is 37.6. The van der Waals surface area contributed by atoms with Crippen LogP contribution in [-0.4, -0.2) is 26.1 Å². The van der Waals surface area contributed by atoms with Crippen molar-refractivity contribution in [1.82, 2.24) is 19.5 Å². The fourth-order valence-electron chi connectivity index (χ4n) is 8.90. The Morgan fingerprint density at radius 2 is 0.857 bits per heavy atom. The molecule has 0 amide bonds. The van der Waals surface area contributed by atoms with E-state index in [-0.39, 0.29) is 0 Å². The highest BCUT2D eigenvalue weighted by Crippen LogP contribution is 2.42. The number of pyridine rings is 3. The van der Waals surface area contributed by atoms with Crippen LogP contribution >= 0.6 is 0 Å². The first-order chi connectivity index (χ1) is 31.2. The van der Waals surface area contributed by atoms with Gasteiger partial charge in [0.25, 0.3) is 0 Å². The van der Waals surface area contributed by atoms with E-state index in [9.17, 15) is 0 Å². The van der Waals surface area contributed by atoms with E-state index in [0.29, 0.717) is 6.61 Å². The minimum absolute atomic E-state index is 0.404. The molecular weight excluding hydrogens is 769 g/mol. The van der Waals surface area contributed by atoms with Crippen LogP contribution < -0.4 is 4.74 Å². The lowest BCUT2D eigenvalue weighted by molar-refractivity contribution is 0.362. The predicted molar refractivity (Wildman–Crippen MR) is 260 cm³/mol. The molecule has 63 heavy (non-hydrogen) atoms. The van der Waals surface area contributed by atoms with Crippen LogP contribution in [0.4, 0.5) is 0 Å². The Morgan fingerprint density at radius 3 is 1.32 bits per heavy atom. The smallest absolute Gasteiger partial charge is 0.127 e. The standard InChI is InChI=1S/C58H40N4O/c1-39-35-43(15-14-34-63-58-30-27-42(36-50(39)58)46-18-4-7-21-49(46)55-24-10-13-33-61-55)62-56-28-25-40(44-16-2-5-19-47(44)53-22-8-11-31-59-53)37-51(56)52-38-41(26-29-57(52)62)45-17-3-6-20-48(45)54-23-9-12-32-60-54/h2-33,35-38H,1,34H2/b15-14-,43-35+. The number of aromatic nitrogens is 4. The second-order valence-electron chi connectivity index (χ2n) is 15.6. The van der Waals surface area contributed by atoms with Gasteiger partial charge in [0.1, 0.15) is 12.4 Å². The summed E-state index contributed by atoms with van der Waals surface area (Å²) in [4.78, 5) is 14.1. The topological polar surface area (TPSA) is 52.8 Å². The van der Waals surface area contributed by atoms with E-state index in [4.69, 9.17) is 21.3 Å². The summed E-state index contributed by atoms with van der Waals surface area (Å²) in [6.07, 6.45) is 12.0. The molecule has 0 atom stereocenters. The Hall–Kier alpha value is -8.41. The lowest BCUT2D eigenvalue weighted by Crippen LogP contribution is -1.97. The first-order valence-electron chi connectivity index (χ1n) is 21.1. The molecule has 10 aromatic rings. The minimum Gasteiger partial charge on any atom is -0.489 e. The Morgan fingerprint density at radius 1 is 0.429 bits per heavy atom. The Balaban J connectivity index is 1.09. The molecule has 0 spiro atoms. The summed E-state index contributed by atoms with van der Waals surface area (Å²) in [5.74, 6) is 0.788. The molecule has 298 valence electrons. The van der Waals surface area contributed by atoms with E-state index in [1.807, 2.05) is 55.0 Å². The molecule has 0 saturated heterocycles. The molecular formula is C58H40N4O. The molecule has 5 nitrogen and oxygen atoms in total. The average Bonchev–Trinajstić information content (AvgIpc) is 3.71. The van der Waals surface area contributed by atoms with Crippen LogP contribution in [0, 0.1) is 0 Å². The number of ether oxygens (including phenoxy) is 1. The van der Waals surface area contributed by atoms with Crippen LogP contribution in [0.1, 0.15) is 5.56 Å². The summed E-state index contributed by atoms with van der Waals surface area (Å²) in [5, 5.41) is 2.28. The molecule has 5 heterocycles. The van der Waals surface area contributed by atoms with Gasteiger partial charge in [-0.25, -0.2) is 0 Å². The van der Waals surface area contributed by atoms with Crippen molar-refractivity contribution in [3.05, 3.63) is 231 Å². The summed E-state index contributed by atoms with van der Waals surface area (Å²) in [7, 11) is 0. The summed E-state index contributed by atoms with van der Waals surface area (Å²) < 4.78 is 8.80. The predicted octanol–water partition coefficient (Wildman–Crippen LogP) is 14.5. The number of benzene rings is 6. The van der Waals surface area contributed by atoms with Crippen molar-refractivity contribution < 1.29 is 4.74 Å². The molecule has 1 aliphatic heterocycles. The Labute approximate surface area is 366 Å². The van der Waals surface area contributed by atoms with E-state index in [1.165, 1.54) is 0 Å². The molecule has 0 bridgehead atoms. The highest BCUT2D eigenvalue weighted by Gasteiger charge is 2.20. The lowest BCUT2D eigenvalue weighted by atomic mass is 9.94. The molecule has 0 radical (unpaired) electrons. The van der Waals surface area contributed by atoms with Crippen molar-refractivity contribution in [1.29, 1.82) is 0 Å². The van der Waals surface area contributed by atoms with Crippen molar-refractivity contribution in [3.8, 4) is 72.9 Å². The second-order valence-corrected chi connectivity index (χ2v) is 15.6. The van der Waals surface area contributed by atoms with Crippen molar-refractivity contribution in [2.45, 2.75) is 0 Å². The number of fused-ring (bicyclic) bond motifs is 4.